The molecule has 0 saturated heterocycles. The van der Waals surface area contributed by atoms with Crippen molar-refractivity contribution in [1.29, 1.82) is 5.26 Å². The summed E-state index contributed by atoms with van der Waals surface area (Å²) in [4.78, 5) is 37.5. The van der Waals surface area contributed by atoms with E-state index in [1.807, 2.05) is 18.2 Å². The van der Waals surface area contributed by atoms with Crippen LogP contribution in [0.25, 0.3) is 10.9 Å². The molecule has 28 heavy (non-hydrogen) atoms. The van der Waals surface area contributed by atoms with Crippen LogP contribution in [0.5, 0.6) is 0 Å². The highest BCUT2D eigenvalue weighted by atomic mass is 16.2. The van der Waals surface area contributed by atoms with Crippen LogP contribution in [0.1, 0.15) is 15.9 Å². The van der Waals surface area contributed by atoms with E-state index in [0.29, 0.717) is 17.5 Å². The van der Waals surface area contributed by atoms with Gasteiger partial charge in [0.05, 0.1) is 5.52 Å². The Bertz CT molecular complexity index is 1070. The number of nitriles is 1. The van der Waals surface area contributed by atoms with E-state index in [2.05, 4.69) is 5.32 Å². The maximum atomic E-state index is 12.7. The van der Waals surface area contributed by atoms with Gasteiger partial charge in [-0.3, -0.25) is 23.9 Å². The predicted molar refractivity (Wildman–Crippen MR) is 104 cm³/mol. The van der Waals surface area contributed by atoms with Crippen LogP contribution >= 0.6 is 0 Å². The first kappa shape index (κ1) is 18.9. The first-order chi connectivity index (χ1) is 13.5. The maximum absolute atomic E-state index is 12.7. The average molecular weight is 374 g/mol. The highest BCUT2D eigenvalue weighted by Gasteiger charge is 2.26. The number of nitrogens with one attached hydrogen (secondary N) is 1. The Labute approximate surface area is 161 Å². The standard InChI is InChI=1S/C21H18N4O3/c1-24(13-22)21(28)18(23-20(27)15-7-3-2-4-8-15)11-16-12-25(14-26)19-10-6-5-9-17(16)19/h2-10,12,14,18H,11H2,1H3,(H,23,27)/t18-/m0/s1. The Morgan fingerprint density at radius 2 is 1.86 bits per heavy atom. The lowest BCUT2D eigenvalue weighted by atomic mass is 10.0. The molecule has 0 saturated carbocycles. The van der Waals surface area contributed by atoms with Crippen molar-refractivity contribution in [2.45, 2.75) is 12.5 Å². The Morgan fingerprint density at radius 1 is 1.18 bits per heavy atom. The second-order valence-electron chi connectivity index (χ2n) is 6.28. The summed E-state index contributed by atoms with van der Waals surface area (Å²) in [5.41, 5.74) is 1.85. The number of carbonyl (C=O) groups excluding carboxylic acids is 3. The third-order valence-corrected chi connectivity index (χ3v) is 4.48. The molecule has 0 radical (unpaired) electrons. The van der Waals surface area contributed by atoms with Crippen molar-refractivity contribution in [1.82, 2.24) is 14.8 Å². The van der Waals surface area contributed by atoms with E-state index in [4.69, 9.17) is 5.26 Å². The number of hydrogen-bond donors (Lipinski definition) is 1. The zero-order valence-electron chi connectivity index (χ0n) is 15.2. The largest absolute Gasteiger partial charge is 0.340 e. The van der Waals surface area contributed by atoms with Crippen LogP contribution in [0.2, 0.25) is 0 Å². The van der Waals surface area contributed by atoms with Crippen LogP contribution in [0.15, 0.2) is 60.8 Å². The number of rotatable bonds is 6. The van der Waals surface area contributed by atoms with E-state index in [9.17, 15) is 14.4 Å². The van der Waals surface area contributed by atoms with Gasteiger partial charge in [-0.2, -0.15) is 5.26 Å². The molecule has 2 aromatic carbocycles. The van der Waals surface area contributed by atoms with Gasteiger partial charge in [0.1, 0.15) is 6.04 Å². The number of fused-ring (bicyclic) bond motifs is 1. The van der Waals surface area contributed by atoms with Crippen LogP contribution in [0, 0.1) is 11.5 Å². The topological polar surface area (TPSA) is 95.2 Å². The smallest absolute Gasteiger partial charge is 0.258 e. The molecule has 0 fully saturated rings. The lowest BCUT2D eigenvalue weighted by Crippen LogP contribution is -2.47. The van der Waals surface area contributed by atoms with Crippen molar-refractivity contribution in [3.8, 4) is 6.19 Å². The molecule has 1 N–H and O–H groups in total. The molecule has 0 aliphatic rings. The summed E-state index contributed by atoms with van der Waals surface area (Å²) in [6, 6.07) is 14.9. The minimum absolute atomic E-state index is 0.144. The van der Waals surface area contributed by atoms with E-state index in [1.54, 1.807) is 48.8 Å². The van der Waals surface area contributed by atoms with E-state index < -0.39 is 17.9 Å². The van der Waals surface area contributed by atoms with Gasteiger partial charge in [-0.25, -0.2) is 0 Å². The minimum atomic E-state index is -0.955. The van der Waals surface area contributed by atoms with Crippen LogP contribution < -0.4 is 5.32 Å². The first-order valence-corrected chi connectivity index (χ1v) is 8.62. The van der Waals surface area contributed by atoms with Crippen molar-refractivity contribution in [3.05, 3.63) is 71.9 Å². The van der Waals surface area contributed by atoms with Crippen molar-refractivity contribution in [2.24, 2.45) is 0 Å². The van der Waals surface area contributed by atoms with Crippen molar-refractivity contribution in [2.75, 3.05) is 7.05 Å². The van der Waals surface area contributed by atoms with Crippen molar-refractivity contribution >= 4 is 29.1 Å². The van der Waals surface area contributed by atoms with Gasteiger partial charge in [0, 0.05) is 30.6 Å². The third-order valence-electron chi connectivity index (χ3n) is 4.48. The van der Waals surface area contributed by atoms with Crippen LogP contribution in [0.3, 0.4) is 0 Å². The molecule has 1 aromatic heterocycles. The fourth-order valence-electron chi connectivity index (χ4n) is 3.06. The van der Waals surface area contributed by atoms with E-state index >= 15 is 0 Å². The lowest BCUT2D eigenvalue weighted by molar-refractivity contribution is -0.129. The molecule has 0 aliphatic heterocycles. The van der Waals surface area contributed by atoms with Gasteiger partial charge in [-0.15, -0.1) is 0 Å². The van der Waals surface area contributed by atoms with E-state index in [1.165, 1.54) is 11.6 Å². The third kappa shape index (κ3) is 3.76. The lowest BCUT2D eigenvalue weighted by Gasteiger charge is -2.20. The number of aromatic nitrogens is 1. The highest BCUT2D eigenvalue weighted by Crippen LogP contribution is 2.22. The van der Waals surface area contributed by atoms with Gasteiger partial charge in [0.2, 0.25) is 6.41 Å². The number of benzene rings is 2. The molecule has 3 aromatic rings. The summed E-state index contributed by atoms with van der Waals surface area (Å²) < 4.78 is 1.43. The number of amides is 2. The molecule has 1 atom stereocenters. The monoisotopic (exact) mass is 374 g/mol. The summed E-state index contributed by atoms with van der Waals surface area (Å²) in [5.74, 6) is -0.945. The average Bonchev–Trinajstić information content (AvgIpc) is 3.10. The quantitative estimate of drug-likeness (QED) is 0.405. The van der Waals surface area contributed by atoms with E-state index in [-0.39, 0.29) is 6.42 Å². The fraction of sp³-hybridized carbons (Fsp3) is 0.143. The summed E-state index contributed by atoms with van der Waals surface area (Å²) in [5, 5.41) is 12.6. The van der Waals surface area contributed by atoms with Gasteiger partial charge in [-0.1, -0.05) is 36.4 Å². The highest BCUT2D eigenvalue weighted by molar-refractivity contribution is 5.98. The van der Waals surface area contributed by atoms with Crippen molar-refractivity contribution in [3.63, 3.8) is 0 Å². The molecular weight excluding hydrogens is 356 g/mol. The van der Waals surface area contributed by atoms with Crippen LogP contribution in [0.4, 0.5) is 0 Å². The number of para-hydroxylation sites is 1. The number of carbonyl (C=O) groups is 3. The molecule has 3 rings (SSSR count). The Balaban J connectivity index is 1.94. The van der Waals surface area contributed by atoms with Crippen LogP contribution in [-0.4, -0.2) is 40.8 Å². The Morgan fingerprint density at radius 3 is 2.54 bits per heavy atom. The molecule has 0 unspecified atom stereocenters. The number of hydrogen-bond acceptors (Lipinski definition) is 4. The molecule has 0 spiro atoms. The van der Waals surface area contributed by atoms with Gasteiger partial charge < -0.3 is 5.32 Å². The van der Waals surface area contributed by atoms with Crippen LogP contribution in [-0.2, 0) is 16.0 Å². The van der Waals surface area contributed by atoms with E-state index in [0.717, 1.165) is 15.8 Å². The summed E-state index contributed by atoms with van der Waals surface area (Å²) in [6.45, 7) is 0. The maximum Gasteiger partial charge on any atom is 0.258 e. The van der Waals surface area contributed by atoms with Gasteiger partial charge in [0.25, 0.3) is 11.8 Å². The molecule has 140 valence electrons. The molecule has 0 aliphatic carbocycles. The predicted octanol–water partition coefficient (Wildman–Crippen LogP) is 1.96. The second kappa shape index (κ2) is 8.18. The fourth-order valence-corrected chi connectivity index (χ4v) is 3.06. The Kier molecular flexibility index (Phi) is 5.51. The van der Waals surface area contributed by atoms with Crippen molar-refractivity contribution < 1.29 is 14.4 Å². The number of likely N-dealkylation sites (N-methyl/N-ethyl adjacent to an activating group) is 1. The number of nitrogens with zero attached hydrogens (tertiary/aromatic N) is 3. The van der Waals surface area contributed by atoms with Gasteiger partial charge in [0.15, 0.2) is 6.19 Å². The van der Waals surface area contributed by atoms with Gasteiger partial charge in [-0.05, 0) is 23.8 Å². The molecule has 0 bridgehead atoms. The summed E-state index contributed by atoms with van der Waals surface area (Å²) in [6.07, 6.45) is 4.24. The second-order valence-corrected chi connectivity index (χ2v) is 6.28. The SMILES string of the molecule is CN(C#N)C(=O)[C@H](Cc1cn(C=O)c2ccccc12)NC(=O)c1ccccc1. The summed E-state index contributed by atoms with van der Waals surface area (Å²) in [7, 11) is 1.35. The minimum Gasteiger partial charge on any atom is -0.340 e. The zero-order chi connectivity index (χ0) is 20.1. The molecular formula is C21H18N4O3. The molecule has 2 amide bonds. The molecule has 7 heteroatoms. The zero-order valence-corrected chi connectivity index (χ0v) is 15.2. The normalized spacial score (nSPS) is 11.4. The molecule has 1 heterocycles. The summed E-state index contributed by atoms with van der Waals surface area (Å²) >= 11 is 0. The first-order valence-electron chi connectivity index (χ1n) is 8.62. The Hall–Kier alpha value is -3.92. The van der Waals surface area contributed by atoms with Gasteiger partial charge >= 0.3 is 0 Å². The molecule has 7 nitrogen and oxygen atoms in total.